The fraction of sp³-hybridized carbons (Fsp3) is 0.123. The van der Waals surface area contributed by atoms with E-state index in [9.17, 15) is 32.9 Å². The molecule has 5 nitrogen and oxygen atoms in total. The molecule has 0 spiro atoms. The van der Waals surface area contributed by atoms with Crippen LogP contribution in [0.15, 0.2) is 224 Å². The summed E-state index contributed by atoms with van der Waals surface area (Å²) in [5.74, 6) is -3.37. The molecule has 9 aromatic carbocycles. The molecule has 3 heterocycles. The van der Waals surface area contributed by atoms with Crippen molar-refractivity contribution in [1.82, 2.24) is 24.1 Å². The topological polar surface area (TPSA) is 48.5 Å². The van der Waals surface area contributed by atoms with E-state index in [-0.39, 0.29) is 5.19 Å². The molecule has 0 atom stereocenters. The summed E-state index contributed by atoms with van der Waals surface area (Å²) in [4.78, 5) is 14.1. The maximum atomic E-state index is 11.0. The zero-order chi connectivity index (χ0) is 77.5. The molecule has 0 N–H and O–H groups in total. The lowest BCUT2D eigenvalue weighted by atomic mass is 9.63. The fourth-order valence-electron chi connectivity index (χ4n) is 9.74. The molecule has 0 saturated heterocycles. The Balaban J connectivity index is 1.33. The van der Waals surface area contributed by atoms with E-state index in [4.69, 9.17) is 28.7 Å². The van der Waals surface area contributed by atoms with E-state index in [0.717, 1.165) is 0 Å². The van der Waals surface area contributed by atoms with E-state index in [2.05, 4.69) is 0 Å². The molecule has 0 unspecified atom stereocenters. The first kappa shape index (κ1) is 20.3. The Kier molecular flexibility index (Phi) is 4.70. The van der Waals surface area contributed by atoms with Crippen LogP contribution in [0.1, 0.15) is 98.3 Å². The van der Waals surface area contributed by atoms with Crippen molar-refractivity contribution < 1.29 is 46.6 Å². The van der Waals surface area contributed by atoms with Gasteiger partial charge in [-0.2, -0.15) is 9.97 Å². The molecule has 3 aromatic heterocycles. The third kappa shape index (κ3) is 6.76. The van der Waals surface area contributed by atoms with Gasteiger partial charge in [0.2, 0.25) is 5.95 Å². The minimum atomic E-state index is -6.01. The van der Waals surface area contributed by atoms with Gasteiger partial charge in [-0.3, -0.25) is 4.57 Å². The number of hydrogen-bond donors (Lipinski definition) is 0. The zero-order valence-corrected chi connectivity index (χ0v) is 38.9. The molecule has 0 aliphatic heterocycles. The van der Waals surface area contributed by atoms with Crippen LogP contribution in [0.2, 0.25) is 0 Å². The molecule has 13 rings (SSSR count). The van der Waals surface area contributed by atoms with Crippen molar-refractivity contribution in [1.29, 1.82) is 0 Å². The fourth-order valence-corrected chi connectivity index (χ4v) is 13.6. The molecule has 1 aliphatic rings. The summed E-state index contributed by atoms with van der Waals surface area (Å²) in [6.07, 6.45) is 1.09. The molecular formula is C65H53N5Si. The Morgan fingerprint density at radius 3 is 1.46 bits per heavy atom. The van der Waals surface area contributed by atoms with Gasteiger partial charge >= 0.3 is 0 Å². The second kappa shape index (κ2) is 16.5. The molecule has 0 radical (unpaired) electrons. The largest absolute Gasteiger partial charge is 0.309 e. The average Bonchev–Trinajstić information content (AvgIpc) is 1.31. The van der Waals surface area contributed by atoms with Crippen LogP contribution in [0.3, 0.4) is 0 Å². The second-order valence-electron chi connectivity index (χ2n) is 18.1. The summed E-state index contributed by atoms with van der Waals surface area (Å²) >= 11 is 0. The number of fused-ring (bicyclic) bond motifs is 7. The lowest BCUT2D eigenvalue weighted by Crippen LogP contribution is -2.75. The lowest BCUT2D eigenvalue weighted by Gasteiger charge is -2.43. The van der Waals surface area contributed by atoms with Crippen LogP contribution in [-0.2, 0) is 10.8 Å². The van der Waals surface area contributed by atoms with E-state index in [1.165, 1.54) is 6.07 Å². The zero-order valence-electron chi connectivity index (χ0n) is 71.9. The quantitative estimate of drug-likeness (QED) is 0.113. The number of nitrogens with zero attached hydrogens (tertiary/aromatic N) is 5. The number of rotatable bonds is 8. The van der Waals surface area contributed by atoms with Gasteiger partial charge in [0.05, 0.1) is 74.4 Å². The van der Waals surface area contributed by atoms with Crippen molar-refractivity contribution in [2.75, 3.05) is 0 Å². The van der Waals surface area contributed by atoms with Gasteiger partial charge in [-0.05, 0) is 91.8 Å². The summed E-state index contributed by atoms with van der Waals surface area (Å²) in [6, 6.07) is -30.5. The molecule has 0 bridgehead atoms. The Labute approximate surface area is 463 Å². The number of para-hydroxylation sites is 5. The van der Waals surface area contributed by atoms with Crippen LogP contribution < -0.4 is 20.7 Å². The van der Waals surface area contributed by atoms with Crippen molar-refractivity contribution >= 4 is 72.4 Å². The maximum Gasteiger partial charge on any atom is 0.238 e. The van der Waals surface area contributed by atoms with E-state index in [0.29, 0.717) is 33.1 Å². The second-order valence-corrected chi connectivity index (χ2v) is 21.7. The van der Waals surface area contributed by atoms with Gasteiger partial charge in [0, 0.05) is 32.7 Å². The van der Waals surface area contributed by atoms with E-state index < -0.39 is 318 Å². The highest BCUT2D eigenvalue weighted by Crippen LogP contribution is 2.45. The minimum absolute atomic E-state index is 0.202. The maximum absolute atomic E-state index is 11.0. The molecule has 71 heavy (non-hydrogen) atoms. The summed E-state index contributed by atoms with van der Waals surface area (Å²) in [5, 5.41) is -5.22. The third-order valence-corrected chi connectivity index (χ3v) is 17.4. The van der Waals surface area contributed by atoms with Gasteiger partial charge < -0.3 is 4.57 Å². The van der Waals surface area contributed by atoms with Crippen molar-refractivity contribution in [2.24, 2.45) is 0 Å². The monoisotopic (exact) mass is 966 g/mol. The van der Waals surface area contributed by atoms with Crippen LogP contribution in [0.5, 0.6) is 0 Å². The standard InChI is InChI=1S/C65H53N5Si/c1-64(2)40-41-65(3,4)55-43-48(38-39-54(55)64)71(45-23-7-5-8-24-45,46-25-9-6-10-26-46)47-27-21-22-44(42-47)61-66-62(68-63(67-61)70-58-35-18-13-30-51(58)52-31-14-19-36-59(52)70)53-32-15-20-37-60(53)69-56-33-16-11-28-49(56)50-29-12-17-34-57(50)69/h5-39,42-43H,40-41H2,1-4H3/i5D,6D,7D,8D,9D,10D,11D,12D,13D,14D,15D,16D,17D,18D,19D,20D,21D,22D,23D,24D,25D,26D,27D,28D,29D,30D,31D,32D,33D,34D,35D,36D,37D,42D. The van der Waals surface area contributed by atoms with Crippen molar-refractivity contribution in [3.63, 3.8) is 0 Å². The van der Waals surface area contributed by atoms with Gasteiger partial charge in [0.15, 0.2) is 19.7 Å². The van der Waals surface area contributed by atoms with E-state index in [1.807, 2.05) is 27.7 Å². The molecule has 0 fully saturated rings. The number of hydrogen-bond acceptors (Lipinski definition) is 3. The predicted molar refractivity (Wildman–Crippen MR) is 298 cm³/mol. The highest BCUT2D eigenvalue weighted by Gasteiger charge is 2.44. The number of aromatic nitrogens is 5. The van der Waals surface area contributed by atoms with Crippen LogP contribution in [0, 0.1) is 0 Å². The SMILES string of the molecule is [2H]c1c([2H])c([2H])c([Si](c2ccc3c(c2)C(C)(C)CCC3(C)C)(c2c([2H])c([2H])c([2H])c([2H])c2[2H])c2c([2H])c([2H])c([2H])c(-c3nc(-c4c([2H])c([2H])c([2H])c([2H])c4-n4c5c([2H])c([2H])c([2H])c([2H])c5c5c([2H])c([2H])c([2H])c([2H])c54)nc(-n4c5c([2H])c([2H])c([2H])c([2H])c5c5c([2H])c([2H])c([2H])c([2H])c54)n3)c2[2H])c([2H])c1[2H]. The Hall–Kier alpha value is -8.19. The molecule has 342 valence electrons. The van der Waals surface area contributed by atoms with Crippen molar-refractivity contribution in [3.05, 3.63) is 235 Å². The third-order valence-electron chi connectivity index (χ3n) is 13.3. The lowest BCUT2D eigenvalue weighted by molar-refractivity contribution is 0.332. The predicted octanol–water partition coefficient (Wildman–Crippen LogP) is 13.1. The van der Waals surface area contributed by atoms with Crippen LogP contribution in [0.4, 0.5) is 0 Å². The first-order valence-electron chi connectivity index (χ1n) is 39.1. The Morgan fingerprint density at radius 2 is 0.887 bits per heavy atom. The van der Waals surface area contributed by atoms with Gasteiger partial charge in [-0.25, -0.2) is 4.98 Å². The highest BCUT2D eigenvalue weighted by molar-refractivity contribution is 7.20. The number of benzene rings is 9. The van der Waals surface area contributed by atoms with Gasteiger partial charge in [0.25, 0.3) is 0 Å². The first-order chi connectivity index (χ1) is 48.8. The van der Waals surface area contributed by atoms with E-state index in [1.54, 1.807) is 12.1 Å². The smallest absolute Gasteiger partial charge is 0.238 e. The molecule has 0 amide bonds. The molecule has 1 aliphatic carbocycles. The molecule has 0 saturated carbocycles. The Bertz CT molecular complexity index is 5780. The van der Waals surface area contributed by atoms with Crippen molar-refractivity contribution in [3.8, 4) is 34.4 Å². The van der Waals surface area contributed by atoms with Crippen LogP contribution in [-0.4, -0.2) is 32.2 Å². The van der Waals surface area contributed by atoms with Gasteiger partial charge in [-0.1, -0.05) is 215 Å². The highest BCUT2D eigenvalue weighted by atomic mass is 28.3. The average molecular weight is 966 g/mol. The molecule has 12 aromatic rings. The van der Waals surface area contributed by atoms with Crippen LogP contribution in [0.25, 0.3) is 78.0 Å². The first-order valence-corrected chi connectivity index (χ1v) is 24.1. The van der Waals surface area contributed by atoms with Crippen LogP contribution >= 0.6 is 0 Å². The summed E-state index contributed by atoms with van der Waals surface area (Å²) in [5.41, 5.74) is -6.22. The van der Waals surface area contributed by atoms with E-state index >= 15 is 0 Å². The summed E-state index contributed by atoms with van der Waals surface area (Å²) < 4.78 is 322. The molecule has 6 heteroatoms. The van der Waals surface area contributed by atoms with Crippen molar-refractivity contribution in [2.45, 2.75) is 51.4 Å². The van der Waals surface area contributed by atoms with Gasteiger partial charge in [-0.15, -0.1) is 0 Å². The normalized spacial score (nSPS) is 21.0. The molecular weight excluding hydrogens is 879 g/mol. The summed E-state index contributed by atoms with van der Waals surface area (Å²) in [7, 11) is -6.01. The Morgan fingerprint density at radius 1 is 0.423 bits per heavy atom. The minimum Gasteiger partial charge on any atom is -0.309 e. The van der Waals surface area contributed by atoms with Gasteiger partial charge in [0.1, 0.15) is 0 Å². The summed E-state index contributed by atoms with van der Waals surface area (Å²) in [6.45, 7) is 7.65.